The number of piperidine rings is 1. The van der Waals surface area contributed by atoms with E-state index in [9.17, 15) is 13.2 Å². The quantitative estimate of drug-likeness (QED) is 0.766. The number of amides is 1. The van der Waals surface area contributed by atoms with Gasteiger partial charge in [-0.15, -0.1) is 0 Å². The molecule has 0 radical (unpaired) electrons. The minimum atomic E-state index is -3.47. The van der Waals surface area contributed by atoms with E-state index in [1.54, 1.807) is 0 Å². The van der Waals surface area contributed by atoms with Crippen molar-refractivity contribution in [2.45, 2.75) is 45.3 Å². The van der Waals surface area contributed by atoms with E-state index < -0.39 is 10.0 Å². The van der Waals surface area contributed by atoms with E-state index in [0.29, 0.717) is 25.3 Å². The summed E-state index contributed by atoms with van der Waals surface area (Å²) in [7, 11) is -3.47. The molecular weight excluding hydrogens is 384 g/mol. The minimum Gasteiger partial charge on any atom is -0.326 e. The molecule has 1 saturated heterocycles. The Morgan fingerprint density at radius 1 is 1.14 bits per heavy atom. The van der Waals surface area contributed by atoms with Crippen LogP contribution in [0.4, 0.5) is 5.69 Å². The van der Waals surface area contributed by atoms with Gasteiger partial charge in [0.1, 0.15) is 0 Å². The van der Waals surface area contributed by atoms with Crippen LogP contribution in [0.3, 0.4) is 0 Å². The number of carbonyl (C=O) groups excluding carboxylic acids is 1. The largest absolute Gasteiger partial charge is 0.326 e. The highest BCUT2D eigenvalue weighted by Crippen LogP contribution is 2.27. The van der Waals surface area contributed by atoms with Crippen LogP contribution in [0.15, 0.2) is 48.5 Å². The zero-order chi connectivity index (χ0) is 21.0. The summed E-state index contributed by atoms with van der Waals surface area (Å²) < 4.78 is 27.4. The van der Waals surface area contributed by atoms with Gasteiger partial charge in [-0.3, -0.25) is 4.79 Å². The maximum Gasteiger partial charge on any atom is 0.228 e. The van der Waals surface area contributed by atoms with Gasteiger partial charge in [-0.05, 0) is 48.4 Å². The summed E-state index contributed by atoms with van der Waals surface area (Å²) in [4.78, 5) is 12.9. The molecule has 1 amide bonds. The molecule has 0 saturated carbocycles. The monoisotopic (exact) mass is 414 g/mol. The lowest BCUT2D eigenvalue weighted by Crippen LogP contribution is -2.44. The highest BCUT2D eigenvalue weighted by molar-refractivity contribution is 7.88. The van der Waals surface area contributed by atoms with Gasteiger partial charge in [0.25, 0.3) is 0 Å². The summed E-state index contributed by atoms with van der Waals surface area (Å²) in [5.74, 6) is -0.169. The number of aryl methyl sites for hydroxylation is 1. The van der Waals surface area contributed by atoms with Crippen molar-refractivity contribution in [2.24, 2.45) is 5.92 Å². The van der Waals surface area contributed by atoms with Crippen LogP contribution >= 0.6 is 0 Å². The van der Waals surface area contributed by atoms with Crippen LogP contribution in [-0.2, 0) is 20.6 Å². The fourth-order valence-electron chi connectivity index (χ4n) is 3.82. The molecule has 1 atom stereocenters. The number of nitrogens with one attached hydrogen (secondary N) is 1. The summed E-state index contributed by atoms with van der Waals surface area (Å²) in [6, 6.07) is 15.3. The first-order chi connectivity index (χ1) is 13.8. The lowest BCUT2D eigenvalue weighted by molar-refractivity contribution is -0.120. The molecule has 3 rings (SSSR count). The molecule has 156 valence electrons. The van der Waals surface area contributed by atoms with Crippen molar-refractivity contribution in [2.75, 3.05) is 18.4 Å². The smallest absolute Gasteiger partial charge is 0.228 e. The molecule has 1 fully saturated rings. The number of nitrogens with zero attached hydrogens (tertiary/aromatic N) is 1. The molecule has 5 nitrogen and oxygen atoms in total. The first kappa shape index (κ1) is 21.5. The molecule has 2 aromatic carbocycles. The SMILES string of the molecule is Cc1ccccc1CS(=O)(=O)N1CCC[C@H](C(=O)Nc2ccccc2C(C)C)C1. The molecule has 0 unspecified atom stereocenters. The molecule has 6 heteroatoms. The molecule has 0 spiro atoms. The Kier molecular flexibility index (Phi) is 6.75. The van der Waals surface area contributed by atoms with Gasteiger partial charge in [0.05, 0.1) is 11.7 Å². The van der Waals surface area contributed by atoms with Crippen molar-refractivity contribution in [1.82, 2.24) is 4.31 Å². The van der Waals surface area contributed by atoms with Crippen LogP contribution in [0.25, 0.3) is 0 Å². The molecular formula is C23H30N2O3S. The van der Waals surface area contributed by atoms with Crippen molar-refractivity contribution in [1.29, 1.82) is 0 Å². The predicted octanol–water partition coefficient (Wildman–Crippen LogP) is 4.30. The third kappa shape index (κ3) is 5.25. The van der Waals surface area contributed by atoms with Crippen molar-refractivity contribution < 1.29 is 13.2 Å². The molecule has 0 bridgehead atoms. The van der Waals surface area contributed by atoms with Crippen LogP contribution in [0.5, 0.6) is 0 Å². The van der Waals surface area contributed by atoms with Gasteiger partial charge in [-0.2, -0.15) is 0 Å². The fourth-order valence-corrected chi connectivity index (χ4v) is 5.53. The molecule has 1 aliphatic rings. The third-order valence-corrected chi connectivity index (χ3v) is 7.38. The second kappa shape index (κ2) is 9.09. The van der Waals surface area contributed by atoms with Gasteiger partial charge in [-0.25, -0.2) is 12.7 Å². The topological polar surface area (TPSA) is 66.5 Å². The van der Waals surface area contributed by atoms with E-state index in [1.807, 2.05) is 55.5 Å². The number of rotatable bonds is 6. The van der Waals surface area contributed by atoms with Gasteiger partial charge in [0, 0.05) is 18.8 Å². The number of carbonyl (C=O) groups is 1. The van der Waals surface area contributed by atoms with E-state index in [0.717, 1.165) is 22.4 Å². The van der Waals surface area contributed by atoms with Gasteiger partial charge >= 0.3 is 0 Å². The predicted molar refractivity (Wildman–Crippen MR) is 117 cm³/mol. The number of para-hydroxylation sites is 1. The first-order valence-electron chi connectivity index (χ1n) is 10.2. The zero-order valence-electron chi connectivity index (χ0n) is 17.4. The Labute approximate surface area is 174 Å². The molecule has 29 heavy (non-hydrogen) atoms. The van der Waals surface area contributed by atoms with E-state index in [2.05, 4.69) is 19.2 Å². The van der Waals surface area contributed by atoms with Gasteiger partial charge in [0.2, 0.25) is 15.9 Å². The Balaban J connectivity index is 1.70. The second-order valence-corrected chi connectivity index (χ2v) is 10.1. The van der Waals surface area contributed by atoms with Crippen molar-refractivity contribution in [3.05, 3.63) is 65.2 Å². The summed E-state index contributed by atoms with van der Waals surface area (Å²) in [6.45, 7) is 6.81. The highest BCUT2D eigenvalue weighted by atomic mass is 32.2. The van der Waals surface area contributed by atoms with Gasteiger partial charge in [-0.1, -0.05) is 56.3 Å². The lowest BCUT2D eigenvalue weighted by atomic mass is 9.97. The Hall–Kier alpha value is -2.18. The van der Waals surface area contributed by atoms with Crippen LogP contribution in [-0.4, -0.2) is 31.7 Å². The van der Waals surface area contributed by atoms with E-state index in [1.165, 1.54) is 4.31 Å². The van der Waals surface area contributed by atoms with Gasteiger partial charge < -0.3 is 5.32 Å². The van der Waals surface area contributed by atoms with Crippen molar-refractivity contribution in [3.8, 4) is 0 Å². The average molecular weight is 415 g/mol. The van der Waals surface area contributed by atoms with Crippen LogP contribution in [0.1, 0.15) is 49.3 Å². The molecule has 2 aromatic rings. The lowest BCUT2D eigenvalue weighted by Gasteiger charge is -2.31. The number of hydrogen-bond acceptors (Lipinski definition) is 3. The van der Waals surface area contributed by atoms with Crippen LogP contribution in [0.2, 0.25) is 0 Å². The van der Waals surface area contributed by atoms with Crippen LogP contribution in [0, 0.1) is 12.8 Å². The maximum absolute atomic E-state index is 13.0. The van der Waals surface area contributed by atoms with E-state index in [-0.39, 0.29) is 24.1 Å². The molecule has 0 aromatic heterocycles. The maximum atomic E-state index is 13.0. The number of sulfonamides is 1. The molecule has 1 heterocycles. The van der Waals surface area contributed by atoms with E-state index in [4.69, 9.17) is 0 Å². The van der Waals surface area contributed by atoms with E-state index >= 15 is 0 Å². The molecule has 1 N–H and O–H groups in total. The summed E-state index contributed by atoms with van der Waals surface area (Å²) >= 11 is 0. The normalized spacial score (nSPS) is 18.0. The number of benzene rings is 2. The highest BCUT2D eigenvalue weighted by Gasteiger charge is 2.32. The standard InChI is InChI=1S/C23H30N2O3S/c1-17(2)21-12-6-7-13-22(21)24-23(26)19-11-8-14-25(15-19)29(27,28)16-20-10-5-4-9-18(20)3/h4-7,9-10,12-13,17,19H,8,11,14-16H2,1-3H3,(H,24,26)/t19-/m0/s1. The summed E-state index contributed by atoms with van der Waals surface area (Å²) in [6.07, 6.45) is 1.39. The average Bonchev–Trinajstić information content (AvgIpc) is 2.70. The number of hydrogen-bond donors (Lipinski definition) is 1. The van der Waals surface area contributed by atoms with Gasteiger partial charge in [0.15, 0.2) is 0 Å². The van der Waals surface area contributed by atoms with Crippen LogP contribution < -0.4 is 5.32 Å². The Morgan fingerprint density at radius 2 is 1.83 bits per heavy atom. The minimum absolute atomic E-state index is 0.0236. The summed E-state index contributed by atoms with van der Waals surface area (Å²) in [5.41, 5.74) is 3.67. The molecule has 1 aliphatic heterocycles. The van der Waals surface area contributed by atoms with Crippen molar-refractivity contribution >= 4 is 21.6 Å². The fraction of sp³-hybridized carbons (Fsp3) is 0.435. The zero-order valence-corrected chi connectivity index (χ0v) is 18.2. The number of anilines is 1. The molecule has 0 aliphatic carbocycles. The second-order valence-electron chi connectivity index (χ2n) is 8.11. The summed E-state index contributed by atoms with van der Waals surface area (Å²) in [5, 5.41) is 3.03. The Bertz CT molecular complexity index is 970. The van der Waals surface area contributed by atoms with Crippen molar-refractivity contribution in [3.63, 3.8) is 0 Å². The Morgan fingerprint density at radius 3 is 2.55 bits per heavy atom. The third-order valence-electron chi connectivity index (χ3n) is 5.59. The first-order valence-corrected chi connectivity index (χ1v) is 11.8.